The normalized spacial score (nSPS) is 26.1. The van der Waals surface area contributed by atoms with Crippen molar-refractivity contribution in [2.45, 2.75) is 121 Å². The molecule has 31 heavy (non-hydrogen) atoms. The van der Waals surface area contributed by atoms with Crippen molar-refractivity contribution in [3.63, 3.8) is 0 Å². The molecule has 3 aliphatic rings. The average Bonchev–Trinajstić information content (AvgIpc) is 2.81. The molecule has 170 valence electrons. The highest BCUT2D eigenvalue weighted by Gasteiger charge is 2.50. The van der Waals surface area contributed by atoms with Gasteiger partial charge in [-0.1, -0.05) is 117 Å². The van der Waals surface area contributed by atoms with Crippen LogP contribution in [0.25, 0.3) is 5.57 Å². The minimum atomic E-state index is -0.0530. The summed E-state index contributed by atoms with van der Waals surface area (Å²) in [6.45, 7) is 9.87. The van der Waals surface area contributed by atoms with Crippen LogP contribution in [0.1, 0.15) is 115 Å². The smallest absolute Gasteiger partial charge is 0.0223 e. The van der Waals surface area contributed by atoms with Crippen molar-refractivity contribution in [3.05, 3.63) is 53.6 Å². The zero-order valence-electron chi connectivity index (χ0n) is 20.6. The Balaban J connectivity index is 1.86. The van der Waals surface area contributed by atoms with Crippen LogP contribution >= 0.6 is 7.92 Å². The van der Waals surface area contributed by atoms with E-state index in [1.165, 1.54) is 70.6 Å². The fourth-order valence-electron chi connectivity index (χ4n) is 6.99. The van der Waals surface area contributed by atoms with Gasteiger partial charge in [-0.25, -0.2) is 0 Å². The molecule has 0 amide bonds. The molecule has 1 aromatic rings. The lowest BCUT2D eigenvalue weighted by Gasteiger charge is -2.55. The van der Waals surface area contributed by atoms with Crippen LogP contribution < -0.4 is 0 Å². The molecular formula is C30H45P. The third-order valence-corrected chi connectivity index (χ3v) is 13.0. The van der Waals surface area contributed by atoms with Crippen molar-refractivity contribution >= 4 is 13.5 Å². The number of hydrogen-bond donors (Lipinski definition) is 0. The molecule has 0 saturated heterocycles. The molecule has 0 aliphatic heterocycles. The Morgan fingerprint density at radius 3 is 1.94 bits per heavy atom. The Morgan fingerprint density at radius 2 is 1.39 bits per heavy atom. The summed E-state index contributed by atoms with van der Waals surface area (Å²) in [6.07, 6.45) is 23.6. The first kappa shape index (κ1) is 23.3. The first-order valence-corrected chi connectivity index (χ1v) is 14.8. The maximum absolute atomic E-state index is 2.56. The summed E-state index contributed by atoms with van der Waals surface area (Å²) in [5.74, 6) is 1.27. The van der Waals surface area contributed by atoms with Gasteiger partial charge in [0.1, 0.15) is 0 Å². The van der Waals surface area contributed by atoms with Crippen LogP contribution in [0.2, 0.25) is 0 Å². The van der Waals surface area contributed by atoms with Gasteiger partial charge in [-0.05, 0) is 72.0 Å². The topological polar surface area (TPSA) is 0 Å². The number of allylic oxidation sites excluding steroid dienone is 4. The van der Waals surface area contributed by atoms with Gasteiger partial charge in [-0.3, -0.25) is 0 Å². The zero-order chi connectivity index (χ0) is 21.8. The molecule has 1 aromatic carbocycles. The minimum absolute atomic E-state index is 0.0530. The molecule has 1 heteroatoms. The molecule has 0 N–H and O–H groups in total. The highest BCUT2D eigenvalue weighted by molar-refractivity contribution is 7.61. The second-order valence-electron chi connectivity index (χ2n) is 11.0. The van der Waals surface area contributed by atoms with Crippen LogP contribution in [-0.4, -0.2) is 16.5 Å². The highest BCUT2D eigenvalue weighted by atomic mass is 31.1. The van der Waals surface area contributed by atoms with Gasteiger partial charge in [-0.2, -0.15) is 0 Å². The average molecular weight is 437 g/mol. The van der Waals surface area contributed by atoms with Crippen molar-refractivity contribution in [1.82, 2.24) is 0 Å². The second-order valence-corrected chi connectivity index (χ2v) is 14.1. The first-order valence-electron chi connectivity index (χ1n) is 13.3. The van der Waals surface area contributed by atoms with Crippen molar-refractivity contribution in [2.24, 2.45) is 5.92 Å². The van der Waals surface area contributed by atoms with Gasteiger partial charge in [0.05, 0.1) is 0 Å². The zero-order valence-corrected chi connectivity index (χ0v) is 21.5. The van der Waals surface area contributed by atoms with E-state index in [9.17, 15) is 0 Å². The molecule has 0 spiro atoms. The lowest BCUT2D eigenvalue weighted by molar-refractivity contribution is 0.450. The van der Waals surface area contributed by atoms with Crippen LogP contribution in [-0.2, 0) is 0 Å². The van der Waals surface area contributed by atoms with Gasteiger partial charge in [0, 0.05) is 5.16 Å². The summed E-state index contributed by atoms with van der Waals surface area (Å²) in [4.78, 5) is 0. The van der Waals surface area contributed by atoms with Crippen molar-refractivity contribution in [3.8, 4) is 0 Å². The van der Waals surface area contributed by atoms with Gasteiger partial charge in [0.2, 0.25) is 0 Å². The molecule has 2 fully saturated rings. The Labute approximate surface area is 193 Å². The lowest BCUT2D eigenvalue weighted by atomic mass is 9.76. The summed E-state index contributed by atoms with van der Waals surface area (Å²) >= 11 is 0. The molecule has 1 unspecified atom stereocenters. The summed E-state index contributed by atoms with van der Waals surface area (Å²) < 4.78 is 0. The first-order chi connectivity index (χ1) is 15.1. The van der Waals surface area contributed by atoms with Gasteiger partial charge in [0.25, 0.3) is 0 Å². The Bertz CT molecular complexity index is 755. The van der Waals surface area contributed by atoms with Gasteiger partial charge < -0.3 is 0 Å². The Kier molecular flexibility index (Phi) is 7.80. The molecule has 3 aliphatic carbocycles. The van der Waals surface area contributed by atoms with Gasteiger partial charge in [0.15, 0.2) is 0 Å². The largest absolute Gasteiger partial charge is 0.0888 e. The molecular weight excluding hydrogens is 391 g/mol. The third kappa shape index (κ3) is 4.62. The van der Waals surface area contributed by atoms with Gasteiger partial charge >= 0.3 is 0 Å². The van der Waals surface area contributed by atoms with E-state index >= 15 is 0 Å². The molecule has 1 atom stereocenters. The quantitative estimate of drug-likeness (QED) is 0.389. The molecule has 2 saturated carbocycles. The van der Waals surface area contributed by atoms with Crippen LogP contribution in [0.15, 0.2) is 42.5 Å². The lowest BCUT2D eigenvalue weighted by Crippen LogP contribution is -2.42. The van der Waals surface area contributed by atoms with E-state index in [1.807, 2.05) is 0 Å². The predicted molar refractivity (Wildman–Crippen MR) is 140 cm³/mol. The Morgan fingerprint density at radius 1 is 0.806 bits per heavy atom. The second kappa shape index (κ2) is 10.4. The minimum Gasteiger partial charge on any atom is -0.0888 e. The maximum atomic E-state index is 2.56. The number of rotatable bonds is 6. The summed E-state index contributed by atoms with van der Waals surface area (Å²) in [5, 5.41) is 0.346. The molecule has 4 rings (SSSR count). The van der Waals surface area contributed by atoms with E-state index in [0.29, 0.717) is 17.0 Å². The van der Waals surface area contributed by atoms with Crippen LogP contribution in [0.4, 0.5) is 0 Å². The van der Waals surface area contributed by atoms with E-state index < -0.39 is 0 Å². The van der Waals surface area contributed by atoms with Crippen LogP contribution in [0.3, 0.4) is 0 Å². The van der Waals surface area contributed by atoms with Crippen molar-refractivity contribution in [2.75, 3.05) is 0 Å². The summed E-state index contributed by atoms with van der Waals surface area (Å²) in [6, 6.07) is 9.38. The van der Waals surface area contributed by atoms with Crippen LogP contribution in [0, 0.1) is 5.92 Å². The van der Waals surface area contributed by atoms with Gasteiger partial charge in [-0.15, -0.1) is 0 Å². The van der Waals surface area contributed by atoms with E-state index in [4.69, 9.17) is 0 Å². The van der Waals surface area contributed by atoms with Crippen molar-refractivity contribution in [1.29, 1.82) is 0 Å². The molecule has 0 heterocycles. The number of hydrogen-bond acceptors (Lipinski definition) is 0. The maximum Gasteiger partial charge on any atom is 0.0223 e. The SMILES string of the molecule is CC(C)c1ccccc1C1=CC=CCC1(C(C)C)P(C1CCCCC1)C1CCCCC1. The van der Waals surface area contributed by atoms with E-state index in [2.05, 4.69) is 70.2 Å². The Hall–Kier alpha value is -0.870. The fraction of sp³-hybridized carbons (Fsp3) is 0.667. The molecule has 0 nitrogen and oxygen atoms in total. The van der Waals surface area contributed by atoms with Crippen molar-refractivity contribution < 1.29 is 0 Å². The predicted octanol–water partition coefficient (Wildman–Crippen LogP) is 9.70. The van der Waals surface area contributed by atoms with E-state index in [1.54, 1.807) is 16.7 Å². The number of benzene rings is 1. The molecule has 0 radical (unpaired) electrons. The third-order valence-electron chi connectivity index (χ3n) is 8.52. The molecule has 0 aromatic heterocycles. The standard InChI is InChI=1S/C30H45P/c1-23(2)27-19-11-12-20-28(27)29-21-13-14-22-30(29,24(3)4)31(25-15-7-5-8-16-25)26-17-9-6-10-18-26/h11-14,19-21,23-26H,5-10,15-18,22H2,1-4H3. The molecule has 0 bridgehead atoms. The van der Waals surface area contributed by atoms with Crippen LogP contribution in [0.5, 0.6) is 0 Å². The monoisotopic (exact) mass is 436 g/mol. The van der Waals surface area contributed by atoms with E-state index in [0.717, 1.165) is 11.3 Å². The van der Waals surface area contributed by atoms with E-state index in [-0.39, 0.29) is 7.92 Å². The summed E-state index contributed by atoms with van der Waals surface area (Å²) in [5.41, 5.74) is 6.79. The highest BCUT2D eigenvalue weighted by Crippen LogP contribution is 2.71. The fourth-order valence-corrected chi connectivity index (χ4v) is 12.1. The summed E-state index contributed by atoms with van der Waals surface area (Å²) in [7, 11) is -0.0530.